The van der Waals surface area contributed by atoms with Crippen LogP contribution in [-0.4, -0.2) is 53.0 Å². The Morgan fingerprint density at radius 3 is 1.62 bits per heavy atom. The fourth-order valence-corrected chi connectivity index (χ4v) is 3.87. The number of hydrogen-bond donors (Lipinski definition) is 3. The maximum atomic E-state index is 11.4. The summed E-state index contributed by atoms with van der Waals surface area (Å²) < 4.78 is 10.4. The third-order valence-electron chi connectivity index (χ3n) is 5.99. The van der Waals surface area contributed by atoms with Gasteiger partial charge in [0, 0.05) is 38.9 Å². The van der Waals surface area contributed by atoms with Crippen LogP contribution in [-0.2, 0) is 27.4 Å². The van der Waals surface area contributed by atoms with E-state index in [0.29, 0.717) is 32.5 Å². The number of nitrogens with two attached hydrogens (primary N) is 1. The lowest BCUT2D eigenvalue weighted by atomic mass is 10.0. The molecule has 0 saturated carbocycles. The highest BCUT2D eigenvalue weighted by molar-refractivity contribution is 5.73. The fourth-order valence-electron chi connectivity index (χ4n) is 3.87. The van der Waals surface area contributed by atoms with Gasteiger partial charge >= 0.3 is 0 Å². The number of carbonyl (C=O) groups excluding carboxylic acids is 1. The van der Waals surface area contributed by atoms with Crippen molar-refractivity contribution in [1.82, 2.24) is 4.90 Å². The lowest BCUT2D eigenvalue weighted by molar-refractivity contribution is -0.118. The predicted molar refractivity (Wildman–Crippen MR) is 119 cm³/mol. The summed E-state index contributed by atoms with van der Waals surface area (Å²) >= 11 is 0. The highest BCUT2D eigenvalue weighted by Gasteiger charge is 2.27. The van der Waals surface area contributed by atoms with Crippen molar-refractivity contribution in [2.45, 2.75) is 56.8 Å². The summed E-state index contributed by atoms with van der Waals surface area (Å²) in [6.07, 6.45) is 0.888. The Morgan fingerprint density at radius 2 is 1.28 bits per heavy atom. The van der Waals surface area contributed by atoms with Crippen LogP contribution in [0.25, 0.3) is 0 Å². The minimum Gasteiger partial charge on any atom is -0.388 e. The van der Waals surface area contributed by atoms with Crippen LogP contribution in [0.3, 0.4) is 0 Å². The monoisotopic (exact) mass is 440 g/mol. The molecule has 2 aliphatic heterocycles. The van der Waals surface area contributed by atoms with E-state index < -0.39 is 12.2 Å². The molecule has 0 radical (unpaired) electrons. The predicted octanol–water partition coefficient (Wildman–Crippen LogP) is 2.21. The molecule has 7 nitrogen and oxygen atoms in total. The highest BCUT2D eigenvalue weighted by Crippen LogP contribution is 2.27. The number of amides is 1. The van der Waals surface area contributed by atoms with Crippen LogP contribution in [0.5, 0.6) is 0 Å². The zero-order valence-corrected chi connectivity index (χ0v) is 18.2. The Bertz CT molecular complexity index is 813. The van der Waals surface area contributed by atoms with E-state index in [1.807, 2.05) is 48.5 Å². The molecule has 2 aromatic rings. The number of rotatable bonds is 13. The van der Waals surface area contributed by atoms with Gasteiger partial charge in [0.1, 0.15) is 0 Å². The Labute approximate surface area is 188 Å². The summed E-state index contributed by atoms with van der Waals surface area (Å²) in [6.45, 7) is 3.36. The molecule has 1 amide bonds. The standard InChI is InChI=1S/C25H32N2O5/c26-25(30)9-10-27(13-17-1-5-19(6-2-17)23(28)11-21-15-31-21)14-18-3-7-20(8-4-18)24(29)12-22-16-32-22/h1-8,21-24,28-29H,9-16H2,(H2,26,30)/t21-,22-,23+,24+/m1/s1. The summed E-state index contributed by atoms with van der Waals surface area (Å²) in [5, 5.41) is 20.6. The number of carbonyl (C=O) groups is 1. The molecule has 2 aromatic carbocycles. The molecule has 0 unspecified atom stereocenters. The maximum Gasteiger partial charge on any atom is 0.218 e. The second-order valence-electron chi connectivity index (χ2n) is 8.82. The van der Waals surface area contributed by atoms with E-state index in [1.54, 1.807) is 0 Å². The minimum absolute atomic E-state index is 0.184. The number of nitrogens with zero attached hydrogens (tertiary/aromatic N) is 1. The molecule has 172 valence electrons. The number of benzene rings is 2. The molecule has 2 heterocycles. The van der Waals surface area contributed by atoms with E-state index in [9.17, 15) is 15.0 Å². The number of hydrogen-bond acceptors (Lipinski definition) is 6. The van der Waals surface area contributed by atoms with Gasteiger partial charge in [-0.05, 0) is 22.3 Å². The van der Waals surface area contributed by atoms with Gasteiger partial charge in [-0.15, -0.1) is 0 Å². The van der Waals surface area contributed by atoms with Crippen LogP contribution in [0, 0.1) is 0 Å². The smallest absolute Gasteiger partial charge is 0.218 e. The van der Waals surface area contributed by atoms with Crippen LogP contribution < -0.4 is 5.73 Å². The summed E-state index contributed by atoms with van der Waals surface area (Å²) in [5.74, 6) is -0.323. The minimum atomic E-state index is -0.511. The molecule has 2 saturated heterocycles. The normalized spacial score (nSPS) is 21.3. The first-order chi connectivity index (χ1) is 15.5. The van der Waals surface area contributed by atoms with Crippen LogP contribution in [0.15, 0.2) is 48.5 Å². The van der Waals surface area contributed by atoms with Crippen molar-refractivity contribution in [1.29, 1.82) is 0 Å². The Balaban J connectivity index is 1.36. The SMILES string of the molecule is NC(=O)CCN(Cc1ccc([C@@H](O)C[C@@H]2CO2)cc1)Cc1ccc([C@@H](O)C[C@@H]2CO2)cc1. The molecule has 0 bridgehead atoms. The zero-order valence-electron chi connectivity index (χ0n) is 18.2. The molecule has 0 aromatic heterocycles. The average molecular weight is 441 g/mol. The van der Waals surface area contributed by atoms with Crippen molar-refractivity contribution in [3.63, 3.8) is 0 Å². The van der Waals surface area contributed by atoms with Gasteiger partial charge in [-0.1, -0.05) is 48.5 Å². The summed E-state index contributed by atoms with van der Waals surface area (Å²) in [7, 11) is 0. The lowest BCUT2D eigenvalue weighted by Crippen LogP contribution is -2.27. The van der Waals surface area contributed by atoms with Gasteiger partial charge in [-0.2, -0.15) is 0 Å². The van der Waals surface area contributed by atoms with Gasteiger partial charge in [0.25, 0.3) is 0 Å². The van der Waals surface area contributed by atoms with Gasteiger partial charge in [-0.25, -0.2) is 0 Å². The Morgan fingerprint density at radius 1 is 0.875 bits per heavy atom. The van der Waals surface area contributed by atoms with Gasteiger partial charge in [0.15, 0.2) is 0 Å². The van der Waals surface area contributed by atoms with Gasteiger partial charge in [0.05, 0.1) is 37.6 Å². The van der Waals surface area contributed by atoms with E-state index in [4.69, 9.17) is 15.2 Å². The highest BCUT2D eigenvalue weighted by atomic mass is 16.6. The molecule has 2 fully saturated rings. The van der Waals surface area contributed by atoms with E-state index in [1.165, 1.54) is 0 Å². The topological polar surface area (TPSA) is 112 Å². The molecular formula is C25H32N2O5. The first-order valence-corrected chi connectivity index (χ1v) is 11.2. The van der Waals surface area contributed by atoms with Crippen molar-refractivity contribution in [3.8, 4) is 0 Å². The molecule has 0 aliphatic carbocycles. The Hall–Kier alpha value is -2.29. The second kappa shape index (κ2) is 10.6. The van der Waals surface area contributed by atoms with Crippen LogP contribution >= 0.6 is 0 Å². The largest absolute Gasteiger partial charge is 0.388 e. The van der Waals surface area contributed by atoms with E-state index >= 15 is 0 Å². The van der Waals surface area contributed by atoms with Crippen molar-refractivity contribution in [2.75, 3.05) is 19.8 Å². The number of epoxide rings is 2. The lowest BCUT2D eigenvalue weighted by Gasteiger charge is -2.23. The molecule has 4 atom stereocenters. The molecule has 0 spiro atoms. The number of ether oxygens (including phenoxy) is 2. The summed E-state index contributed by atoms with van der Waals surface area (Å²) in [5.41, 5.74) is 9.36. The van der Waals surface area contributed by atoms with E-state index in [2.05, 4.69) is 4.90 Å². The van der Waals surface area contributed by atoms with Gasteiger partial charge in [0.2, 0.25) is 5.91 Å². The van der Waals surface area contributed by atoms with Gasteiger partial charge < -0.3 is 25.4 Å². The second-order valence-corrected chi connectivity index (χ2v) is 8.82. The number of aliphatic hydroxyl groups is 2. The van der Waals surface area contributed by atoms with Crippen molar-refractivity contribution in [3.05, 3.63) is 70.8 Å². The first-order valence-electron chi connectivity index (χ1n) is 11.2. The molecule has 4 N–H and O–H groups in total. The third kappa shape index (κ3) is 7.12. The maximum absolute atomic E-state index is 11.4. The quantitative estimate of drug-likeness (QED) is 0.412. The number of aliphatic hydroxyl groups excluding tert-OH is 2. The summed E-state index contributed by atoms with van der Waals surface area (Å²) in [4.78, 5) is 13.5. The third-order valence-corrected chi connectivity index (χ3v) is 5.99. The fraction of sp³-hybridized carbons (Fsp3) is 0.480. The molecule has 2 aliphatic rings. The van der Waals surface area contributed by atoms with Crippen LogP contribution in [0.4, 0.5) is 0 Å². The van der Waals surface area contributed by atoms with Crippen LogP contribution in [0.1, 0.15) is 53.7 Å². The summed E-state index contributed by atoms with van der Waals surface area (Å²) in [6, 6.07) is 15.9. The van der Waals surface area contributed by atoms with Crippen molar-refractivity contribution < 1.29 is 24.5 Å². The number of primary amides is 1. The zero-order chi connectivity index (χ0) is 22.5. The molecule has 4 rings (SSSR count). The van der Waals surface area contributed by atoms with Crippen LogP contribution in [0.2, 0.25) is 0 Å². The van der Waals surface area contributed by atoms with Crippen molar-refractivity contribution >= 4 is 5.91 Å². The average Bonchev–Trinajstić information content (AvgIpc) is 3.70. The Kier molecular flexibility index (Phi) is 7.55. The van der Waals surface area contributed by atoms with E-state index in [0.717, 1.165) is 35.5 Å². The molecule has 7 heteroatoms. The molecular weight excluding hydrogens is 408 g/mol. The molecule has 32 heavy (non-hydrogen) atoms. The van der Waals surface area contributed by atoms with Crippen molar-refractivity contribution in [2.24, 2.45) is 5.73 Å². The van der Waals surface area contributed by atoms with Gasteiger partial charge in [-0.3, -0.25) is 9.69 Å². The van der Waals surface area contributed by atoms with E-state index in [-0.39, 0.29) is 24.5 Å². The first kappa shape index (κ1) is 22.9.